The molecule has 10 heteroatoms. The van der Waals surface area contributed by atoms with Gasteiger partial charge in [0.15, 0.2) is 0 Å². The molecule has 0 radical (unpaired) electrons. The summed E-state index contributed by atoms with van der Waals surface area (Å²) in [5.74, 6) is -0.471. The first-order valence-electron chi connectivity index (χ1n) is 12.9. The van der Waals surface area contributed by atoms with E-state index in [9.17, 15) is 18.0 Å². The van der Waals surface area contributed by atoms with Gasteiger partial charge in [-0.3, -0.25) is 9.80 Å². The van der Waals surface area contributed by atoms with Crippen LogP contribution in [0.4, 0.5) is 4.79 Å². The molecule has 1 atom stereocenters. The Morgan fingerprint density at radius 1 is 1.03 bits per heavy atom. The lowest BCUT2D eigenvalue weighted by molar-refractivity contribution is -0.139. The van der Waals surface area contributed by atoms with Crippen molar-refractivity contribution in [2.24, 2.45) is 0 Å². The highest BCUT2D eigenvalue weighted by atomic mass is 32.2. The van der Waals surface area contributed by atoms with Gasteiger partial charge in [-0.1, -0.05) is 42.0 Å². The molecule has 0 bridgehead atoms. The largest absolute Gasteiger partial charge is 0.463 e. The van der Waals surface area contributed by atoms with E-state index >= 15 is 0 Å². The number of carbonyl (C=O) groups is 2. The lowest BCUT2D eigenvalue weighted by Gasteiger charge is -2.37. The smallest absolute Gasteiger partial charge is 0.338 e. The zero-order chi connectivity index (χ0) is 27.4. The average Bonchev–Trinajstić information content (AvgIpc) is 3.13. The Morgan fingerprint density at radius 2 is 1.74 bits per heavy atom. The van der Waals surface area contributed by atoms with Crippen LogP contribution in [-0.4, -0.2) is 80.9 Å². The van der Waals surface area contributed by atoms with Gasteiger partial charge in [-0.05, 0) is 57.0 Å². The Balaban J connectivity index is 1.62. The minimum Gasteiger partial charge on any atom is -0.463 e. The first-order chi connectivity index (χ1) is 18.1. The predicted molar refractivity (Wildman–Crippen MR) is 145 cm³/mol. The van der Waals surface area contributed by atoms with Crippen LogP contribution in [0.1, 0.15) is 36.1 Å². The molecular formula is C28H36N4O5S. The maximum absolute atomic E-state index is 13.3. The van der Waals surface area contributed by atoms with Gasteiger partial charge in [0.25, 0.3) is 0 Å². The van der Waals surface area contributed by atoms with E-state index in [1.807, 2.05) is 38.1 Å². The fourth-order valence-corrected chi connectivity index (χ4v) is 6.43. The van der Waals surface area contributed by atoms with Crippen LogP contribution in [-0.2, 0) is 19.6 Å². The number of nitrogens with one attached hydrogen (secondary N) is 1. The molecule has 2 aromatic rings. The van der Waals surface area contributed by atoms with Crippen molar-refractivity contribution in [3.05, 3.63) is 76.5 Å². The monoisotopic (exact) mass is 540 g/mol. The molecule has 0 saturated carbocycles. The SMILES string of the molecule is CCOC(=O)C1=C(CN2CCCN(S(=O)(=O)c3ccc(C)cc3)CC2)N(C)C(=O)N[C@H]1c1ccccc1C. The van der Waals surface area contributed by atoms with Gasteiger partial charge >= 0.3 is 12.0 Å². The number of aryl methyl sites for hydroxylation is 2. The van der Waals surface area contributed by atoms with Crippen LogP contribution in [0.15, 0.2) is 64.7 Å². The van der Waals surface area contributed by atoms with Crippen molar-refractivity contribution in [2.75, 3.05) is 46.4 Å². The van der Waals surface area contributed by atoms with Crippen molar-refractivity contribution in [2.45, 2.75) is 38.1 Å². The molecule has 2 heterocycles. The number of ether oxygens (including phenoxy) is 1. The van der Waals surface area contributed by atoms with Crippen LogP contribution in [0, 0.1) is 13.8 Å². The normalized spacial score (nSPS) is 19.7. The van der Waals surface area contributed by atoms with Crippen LogP contribution in [0.5, 0.6) is 0 Å². The number of benzene rings is 2. The van der Waals surface area contributed by atoms with Crippen LogP contribution in [0.3, 0.4) is 0 Å². The number of hydrogen-bond acceptors (Lipinski definition) is 6. The van der Waals surface area contributed by atoms with Gasteiger partial charge in [-0.25, -0.2) is 18.0 Å². The summed E-state index contributed by atoms with van der Waals surface area (Å²) in [6, 6.07) is 13.6. The van der Waals surface area contributed by atoms with Crippen LogP contribution in [0.25, 0.3) is 0 Å². The molecule has 0 aromatic heterocycles. The number of amides is 2. The first-order valence-corrected chi connectivity index (χ1v) is 14.4. The third-order valence-corrected chi connectivity index (χ3v) is 9.06. The van der Waals surface area contributed by atoms with Crippen LogP contribution >= 0.6 is 0 Å². The number of urea groups is 1. The summed E-state index contributed by atoms with van der Waals surface area (Å²) in [5.41, 5.74) is 3.75. The van der Waals surface area contributed by atoms with E-state index < -0.39 is 22.0 Å². The van der Waals surface area contributed by atoms with Crippen molar-refractivity contribution < 1.29 is 22.7 Å². The molecular weight excluding hydrogens is 504 g/mol. The van der Waals surface area contributed by atoms with E-state index in [4.69, 9.17) is 4.74 Å². The highest BCUT2D eigenvalue weighted by molar-refractivity contribution is 7.89. The van der Waals surface area contributed by atoms with Gasteiger partial charge in [-0.15, -0.1) is 0 Å². The number of carbonyl (C=O) groups excluding carboxylic acids is 2. The molecule has 38 heavy (non-hydrogen) atoms. The predicted octanol–water partition coefficient (Wildman–Crippen LogP) is 3.21. The highest BCUT2D eigenvalue weighted by Crippen LogP contribution is 2.33. The summed E-state index contributed by atoms with van der Waals surface area (Å²) in [4.78, 5) is 30.1. The Morgan fingerprint density at radius 3 is 2.42 bits per heavy atom. The van der Waals surface area contributed by atoms with Gasteiger partial charge in [0.05, 0.1) is 23.1 Å². The van der Waals surface area contributed by atoms with Crippen molar-refractivity contribution in [3.63, 3.8) is 0 Å². The second-order valence-corrected chi connectivity index (χ2v) is 11.7. The van der Waals surface area contributed by atoms with Gasteiger partial charge in [0.1, 0.15) is 0 Å². The Kier molecular flexibility index (Phi) is 8.54. The molecule has 204 valence electrons. The molecule has 2 aromatic carbocycles. The number of nitrogens with zero attached hydrogens (tertiary/aromatic N) is 3. The molecule has 0 spiro atoms. The van der Waals surface area contributed by atoms with E-state index in [1.165, 1.54) is 9.21 Å². The number of hydrogen-bond donors (Lipinski definition) is 1. The Labute approximate surface area is 225 Å². The number of esters is 1. The maximum Gasteiger partial charge on any atom is 0.338 e. The zero-order valence-corrected chi connectivity index (χ0v) is 23.3. The van der Waals surface area contributed by atoms with E-state index in [1.54, 1.807) is 38.2 Å². The van der Waals surface area contributed by atoms with Gasteiger partial charge < -0.3 is 10.1 Å². The summed E-state index contributed by atoms with van der Waals surface area (Å²) in [7, 11) is -1.97. The van der Waals surface area contributed by atoms with Crippen molar-refractivity contribution >= 4 is 22.0 Å². The van der Waals surface area contributed by atoms with E-state index in [0.717, 1.165) is 16.7 Å². The van der Waals surface area contributed by atoms with Gasteiger partial charge in [-0.2, -0.15) is 4.31 Å². The third-order valence-electron chi connectivity index (χ3n) is 7.15. The minimum atomic E-state index is -3.61. The van der Waals surface area contributed by atoms with Crippen molar-refractivity contribution in [1.29, 1.82) is 0 Å². The summed E-state index contributed by atoms with van der Waals surface area (Å²) in [6.07, 6.45) is 0.629. The number of likely N-dealkylation sites (N-methyl/N-ethyl adjacent to an activating group) is 1. The summed E-state index contributed by atoms with van der Waals surface area (Å²) in [6.45, 7) is 7.96. The quantitative estimate of drug-likeness (QED) is 0.542. The average molecular weight is 541 g/mol. The molecule has 2 aliphatic heterocycles. The maximum atomic E-state index is 13.3. The Hall–Kier alpha value is -3.21. The minimum absolute atomic E-state index is 0.212. The number of rotatable bonds is 7. The lowest BCUT2D eigenvalue weighted by atomic mass is 9.91. The molecule has 0 aliphatic carbocycles. The first kappa shape index (κ1) is 27.8. The zero-order valence-electron chi connectivity index (χ0n) is 22.4. The molecule has 0 unspecified atom stereocenters. The van der Waals surface area contributed by atoms with Crippen molar-refractivity contribution in [1.82, 2.24) is 19.4 Å². The molecule has 1 saturated heterocycles. The van der Waals surface area contributed by atoms with Crippen LogP contribution in [0.2, 0.25) is 0 Å². The molecule has 4 rings (SSSR count). The standard InChI is InChI=1S/C28H36N4O5S/c1-5-37-27(33)25-24(30(4)28(34)29-26(25)23-10-7-6-9-21(23)3)19-31-15-8-16-32(18-17-31)38(35,36)22-13-11-20(2)12-14-22/h6-7,9-14,26H,5,8,15-19H2,1-4H3,(H,29,34)/t26-/m0/s1. The second kappa shape index (κ2) is 11.7. The number of sulfonamides is 1. The van der Waals surface area contributed by atoms with Crippen LogP contribution < -0.4 is 5.32 Å². The van der Waals surface area contributed by atoms with Gasteiger partial charge in [0, 0.05) is 38.9 Å². The fraction of sp³-hybridized carbons (Fsp3) is 0.429. The van der Waals surface area contributed by atoms with Gasteiger partial charge in [0.2, 0.25) is 10.0 Å². The van der Waals surface area contributed by atoms with E-state index in [2.05, 4.69) is 10.2 Å². The Bertz CT molecular complexity index is 1320. The third kappa shape index (κ3) is 5.77. The highest BCUT2D eigenvalue weighted by Gasteiger charge is 2.38. The van der Waals surface area contributed by atoms with E-state index in [0.29, 0.717) is 50.4 Å². The molecule has 1 fully saturated rings. The molecule has 2 amide bonds. The van der Waals surface area contributed by atoms with E-state index in [-0.39, 0.29) is 17.5 Å². The summed E-state index contributed by atoms with van der Waals surface area (Å²) in [5, 5.41) is 2.96. The summed E-state index contributed by atoms with van der Waals surface area (Å²) >= 11 is 0. The molecule has 1 N–H and O–H groups in total. The van der Waals surface area contributed by atoms with Crippen molar-refractivity contribution in [3.8, 4) is 0 Å². The lowest BCUT2D eigenvalue weighted by Crippen LogP contribution is -2.49. The molecule has 2 aliphatic rings. The molecule has 9 nitrogen and oxygen atoms in total. The summed E-state index contributed by atoms with van der Waals surface area (Å²) < 4.78 is 33.5. The fourth-order valence-electron chi connectivity index (χ4n) is 4.96. The topological polar surface area (TPSA) is 99.3 Å². The second-order valence-electron chi connectivity index (χ2n) is 9.73.